The Kier molecular flexibility index (Phi) is 7.01. The van der Waals surface area contributed by atoms with Crippen LogP contribution >= 0.6 is 0 Å². The van der Waals surface area contributed by atoms with Crippen molar-refractivity contribution in [3.8, 4) is 5.75 Å². The van der Waals surface area contributed by atoms with E-state index in [0.29, 0.717) is 35.2 Å². The fourth-order valence-corrected chi connectivity index (χ4v) is 4.18. The Balaban J connectivity index is 1.82. The van der Waals surface area contributed by atoms with Crippen molar-refractivity contribution >= 4 is 23.1 Å². The van der Waals surface area contributed by atoms with Gasteiger partial charge >= 0.3 is 0 Å². The molecule has 1 unspecified atom stereocenters. The summed E-state index contributed by atoms with van der Waals surface area (Å²) in [7, 11) is 0. The lowest BCUT2D eigenvalue weighted by molar-refractivity contribution is -0.132. The average Bonchev–Trinajstić information content (AvgIpc) is 3.13. The molecule has 3 aromatic rings. The molecule has 0 saturated carbocycles. The van der Waals surface area contributed by atoms with E-state index in [4.69, 9.17) is 4.74 Å². The smallest absolute Gasteiger partial charge is 0.300 e. The Morgan fingerprint density at radius 1 is 1.09 bits per heavy atom. The Morgan fingerprint density at radius 2 is 1.83 bits per heavy atom. The number of aromatic nitrogens is 1. The van der Waals surface area contributed by atoms with Gasteiger partial charge in [0, 0.05) is 17.4 Å². The maximum absolute atomic E-state index is 13.3. The molecule has 2 aromatic carbocycles. The van der Waals surface area contributed by atoms with Crippen molar-refractivity contribution in [1.82, 2.24) is 4.98 Å². The molecule has 0 radical (unpaired) electrons. The average molecular weight is 471 g/mol. The summed E-state index contributed by atoms with van der Waals surface area (Å²) in [5.74, 6) is -0.572. The number of Topliss-reactive ketones (excluding diaryl/α,β-unsaturated/α-hetero) is 1. The summed E-state index contributed by atoms with van der Waals surface area (Å²) in [6, 6.07) is 17.2. The van der Waals surface area contributed by atoms with Gasteiger partial charge in [0.15, 0.2) is 0 Å². The molecule has 0 spiro atoms. The Labute approximate surface area is 205 Å². The molecule has 6 heteroatoms. The number of rotatable bonds is 7. The Hall–Kier alpha value is -3.93. The summed E-state index contributed by atoms with van der Waals surface area (Å²) in [6.07, 6.45) is 2.47. The number of ether oxygens (including phenoxy) is 1. The van der Waals surface area contributed by atoms with Gasteiger partial charge in [0.25, 0.3) is 11.7 Å². The fraction of sp³-hybridized carbons (Fsp3) is 0.276. The zero-order valence-electron chi connectivity index (χ0n) is 20.5. The number of hydrogen-bond acceptors (Lipinski definition) is 5. The van der Waals surface area contributed by atoms with E-state index in [2.05, 4.69) is 25.8 Å². The van der Waals surface area contributed by atoms with Crippen LogP contribution in [0.25, 0.3) is 5.76 Å². The van der Waals surface area contributed by atoms with Gasteiger partial charge in [0.05, 0.1) is 17.9 Å². The zero-order valence-corrected chi connectivity index (χ0v) is 20.5. The first-order valence-electron chi connectivity index (χ1n) is 11.9. The maximum Gasteiger partial charge on any atom is 0.300 e. The third kappa shape index (κ3) is 4.83. The van der Waals surface area contributed by atoms with Crippen molar-refractivity contribution in [2.75, 3.05) is 11.5 Å². The number of aryl methyl sites for hydroxylation is 2. The van der Waals surface area contributed by atoms with Gasteiger partial charge in [-0.2, -0.15) is 0 Å². The predicted octanol–water partition coefficient (Wildman–Crippen LogP) is 5.61. The van der Waals surface area contributed by atoms with Crippen LogP contribution in [0.1, 0.15) is 49.2 Å². The minimum atomic E-state index is -0.846. The standard InChI is InChI=1S/C29H30N2O4/c1-5-20-9-12-22(13-10-20)31-26(23-8-6-7-15-30-23)25(28(33)29(31)34)27(32)21-11-14-24(19(4)16-21)35-17-18(2)3/h6-16,18,26,32H,5,17H2,1-4H3/b27-25-. The van der Waals surface area contributed by atoms with Gasteiger partial charge in [-0.05, 0) is 72.9 Å². The third-order valence-corrected chi connectivity index (χ3v) is 6.06. The molecule has 35 heavy (non-hydrogen) atoms. The number of anilines is 1. The topological polar surface area (TPSA) is 79.7 Å². The highest BCUT2D eigenvalue weighted by Crippen LogP contribution is 2.41. The van der Waals surface area contributed by atoms with Crippen LogP contribution in [0.4, 0.5) is 5.69 Å². The maximum atomic E-state index is 13.3. The van der Waals surface area contributed by atoms with E-state index >= 15 is 0 Å². The molecular weight excluding hydrogens is 440 g/mol. The first-order valence-corrected chi connectivity index (χ1v) is 11.9. The number of aliphatic hydroxyl groups is 1. The first kappa shape index (κ1) is 24.2. The second kappa shape index (κ2) is 10.1. The number of ketones is 1. The fourth-order valence-electron chi connectivity index (χ4n) is 4.18. The molecular formula is C29H30N2O4. The number of benzene rings is 2. The van der Waals surface area contributed by atoms with E-state index in [1.807, 2.05) is 31.2 Å². The van der Waals surface area contributed by atoms with E-state index in [-0.39, 0.29) is 11.3 Å². The van der Waals surface area contributed by atoms with Crippen molar-refractivity contribution in [3.05, 3.63) is 94.8 Å². The minimum absolute atomic E-state index is 0.0171. The van der Waals surface area contributed by atoms with Crippen LogP contribution in [0.15, 0.2) is 72.4 Å². The highest BCUT2D eigenvalue weighted by atomic mass is 16.5. The van der Waals surface area contributed by atoms with Crippen molar-refractivity contribution in [1.29, 1.82) is 0 Å². The monoisotopic (exact) mass is 470 g/mol. The molecule has 1 atom stereocenters. The van der Waals surface area contributed by atoms with E-state index in [9.17, 15) is 14.7 Å². The van der Waals surface area contributed by atoms with Crippen LogP contribution in [-0.2, 0) is 16.0 Å². The summed E-state index contributed by atoms with van der Waals surface area (Å²) in [4.78, 5) is 32.4. The molecule has 6 nitrogen and oxygen atoms in total. The number of amides is 1. The summed E-state index contributed by atoms with van der Waals surface area (Å²) in [6.45, 7) is 8.66. The van der Waals surface area contributed by atoms with E-state index in [0.717, 1.165) is 17.5 Å². The summed E-state index contributed by atoms with van der Waals surface area (Å²) in [5.41, 5.74) is 3.49. The number of nitrogens with zero attached hydrogens (tertiary/aromatic N) is 2. The van der Waals surface area contributed by atoms with Crippen LogP contribution in [0.2, 0.25) is 0 Å². The molecule has 1 aliphatic rings. The predicted molar refractivity (Wildman–Crippen MR) is 136 cm³/mol. The van der Waals surface area contributed by atoms with Gasteiger partial charge in [-0.3, -0.25) is 19.5 Å². The SMILES string of the molecule is CCc1ccc(N2C(=O)C(=O)/C(=C(\O)c3ccc(OCC(C)C)c(C)c3)C2c2ccccn2)cc1. The quantitative estimate of drug-likeness (QED) is 0.276. The Bertz CT molecular complexity index is 1260. The molecule has 1 aromatic heterocycles. The largest absolute Gasteiger partial charge is 0.507 e. The van der Waals surface area contributed by atoms with Crippen LogP contribution in [0.5, 0.6) is 5.75 Å². The van der Waals surface area contributed by atoms with E-state index in [1.165, 1.54) is 4.90 Å². The second-order valence-electron chi connectivity index (χ2n) is 9.13. The van der Waals surface area contributed by atoms with Gasteiger partial charge in [0.1, 0.15) is 17.6 Å². The lowest BCUT2D eigenvalue weighted by Crippen LogP contribution is -2.29. The molecule has 1 aliphatic heterocycles. The molecule has 180 valence electrons. The molecule has 2 heterocycles. The molecule has 0 aliphatic carbocycles. The highest BCUT2D eigenvalue weighted by molar-refractivity contribution is 6.51. The number of pyridine rings is 1. The van der Waals surface area contributed by atoms with Crippen molar-refractivity contribution in [3.63, 3.8) is 0 Å². The summed E-state index contributed by atoms with van der Waals surface area (Å²) < 4.78 is 5.84. The van der Waals surface area contributed by atoms with Crippen LogP contribution in [-0.4, -0.2) is 28.4 Å². The second-order valence-corrected chi connectivity index (χ2v) is 9.13. The van der Waals surface area contributed by atoms with Crippen LogP contribution in [0.3, 0.4) is 0 Å². The van der Waals surface area contributed by atoms with Gasteiger partial charge in [-0.15, -0.1) is 0 Å². The van der Waals surface area contributed by atoms with E-state index in [1.54, 1.807) is 42.6 Å². The van der Waals surface area contributed by atoms with Crippen molar-refractivity contribution < 1.29 is 19.4 Å². The van der Waals surface area contributed by atoms with E-state index < -0.39 is 17.7 Å². The number of carbonyl (C=O) groups excluding carboxylic acids is 2. The molecule has 4 rings (SSSR count). The van der Waals surface area contributed by atoms with Crippen molar-refractivity contribution in [2.24, 2.45) is 5.92 Å². The van der Waals surface area contributed by atoms with Gasteiger partial charge in [0.2, 0.25) is 0 Å². The van der Waals surface area contributed by atoms with Crippen molar-refractivity contribution in [2.45, 2.75) is 40.2 Å². The van der Waals surface area contributed by atoms with Gasteiger partial charge < -0.3 is 9.84 Å². The van der Waals surface area contributed by atoms with Gasteiger partial charge in [-0.25, -0.2) is 0 Å². The Morgan fingerprint density at radius 3 is 2.43 bits per heavy atom. The molecule has 1 fully saturated rings. The minimum Gasteiger partial charge on any atom is -0.507 e. The lowest BCUT2D eigenvalue weighted by atomic mass is 9.97. The highest BCUT2D eigenvalue weighted by Gasteiger charge is 2.47. The third-order valence-electron chi connectivity index (χ3n) is 6.06. The molecule has 1 amide bonds. The summed E-state index contributed by atoms with van der Waals surface area (Å²) >= 11 is 0. The molecule has 1 saturated heterocycles. The summed E-state index contributed by atoms with van der Waals surface area (Å²) in [5, 5.41) is 11.3. The lowest BCUT2D eigenvalue weighted by Gasteiger charge is -2.24. The van der Waals surface area contributed by atoms with Crippen LogP contribution in [0, 0.1) is 12.8 Å². The molecule has 1 N–H and O–H groups in total. The first-order chi connectivity index (χ1) is 16.8. The van der Waals surface area contributed by atoms with Crippen LogP contribution < -0.4 is 9.64 Å². The number of carbonyl (C=O) groups is 2. The number of aliphatic hydroxyl groups excluding tert-OH is 1. The number of hydrogen-bond donors (Lipinski definition) is 1. The zero-order chi connectivity index (χ0) is 25.1. The normalized spacial score (nSPS) is 17.3. The van der Waals surface area contributed by atoms with Gasteiger partial charge in [-0.1, -0.05) is 39.0 Å². The molecule has 0 bridgehead atoms.